The zero-order chi connectivity index (χ0) is 14.2. The molecule has 2 unspecified atom stereocenters. The fraction of sp³-hybridized carbons (Fsp3) is 0.562. The summed E-state index contributed by atoms with van der Waals surface area (Å²) in [6.45, 7) is 5.09. The molecule has 3 heterocycles. The third kappa shape index (κ3) is 2.25. The number of urea groups is 1. The average molecular weight is 287 g/mol. The summed E-state index contributed by atoms with van der Waals surface area (Å²) in [6, 6.07) is 8.79. The Kier molecular flexibility index (Phi) is 3.22. The maximum absolute atomic E-state index is 12.5. The van der Waals surface area contributed by atoms with E-state index in [-0.39, 0.29) is 6.03 Å². The van der Waals surface area contributed by atoms with E-state index in [1.165, 1.54) is 5.56 Å². The lowest BCUT2D eigenvalue weighted by atomic mass is 9.92. The van der Waals surface area contributed by atoms with E-state index in [9.17, 15) is 4.79 Å². The molecule has 3 aliphatic heterocycles. The minimum absolute atomic E-state index is 0.213. The maximum Gasteiger partial charge on any atom is 0.320 e. The third-order valence-electron chi connectivity index (χ3n) is 4.82. The van der Waals surface area contributed by atoms with Crippen LogP contribution in [0.2, 0.25) is 0 Å². The molecule has 112 valence electrons. The van der Waals surface area contributed by atoms with Crippen molar-refractivity contribution in [2.24, 2.45) is 0 Å². The van der Waals surface area contributed by atoms with Crippen molar-refractivity contribution >= 4 is 6.03 Å². The topological polar surface area (TPSA) is 44.8 Å². The molecule has 1 aromatic carbocycles. The second kappa shape index (κ2) is 5.22. The second-order valence-corrected chi connectivity index (χ2v) is 6.11. The lowest BCUT2D eigenvalue weighted by Gasteiger charge is -2.29. The fourth-order valence-corrected chi connectivity index (χ4v) is 3.71. The Balaban J connectivity index is 1.51. The highest BCUT2D eigenvalue weighted by atomic mass is 16.5. The molecule has 0 bridgehead atoms. The number of amides is 2. The van der Waals surface area contributed by atoms with Crippen LogP contribution < -0.4 is 10.1 Å². The van der Waals surface area contributed by atoms with Crippen LogP contribution in [0.5, 0.6) is 5.75 Å². The third-order valence-corrected chi connectivity index (χ3v) is 4.82. The van der Waals surface area contributed by atoms with Crippen LogP contribution in [0.1, 0.15) is 17.9 Å². The monoisotopic (exact) mass is 287 g/mol. The molecule has 0 radical (unpaired) electrons. The van der Waals surface area contributed by atoms with Gasteiger partial charge in [0, 0.05) is 38.6 Å². The molecule has 3 aliphatic rings. The number of hydrogen-bond donors (Lipinski definition) is 1. The molecule has 1 aromatic rings. The lowest BCUT2D eigenvalue weighted by Crippen LogP contribution is -2.49. The SMILES string of the molecule is O=C1N(CC2CCOc3ccccc32)CC2CNCCN12. The predicted octanol–water partition coefficient (Wildman–Crippen LogP) is 1.26. The molecular formula is C16H21N3O2. The molecule has 0 aromatic heterocycles. The van der Waals surface area contributed by atoms with Gasteiger partial charge >= 0.3 is 6.03 Å². The highest BCUT2D eigenvalue weighted by Gasteiger charge is 2.39. The van der Waals surface area contributed by atoms with E-state index in [1.807, 2.05) is 21.9 Å². The summed E-state index contributed by atoms with van der Waals surface area (Å²) in [7, 11) is 0. The minimum atomic E-state index is 0.213. The molecule has 0 saturated carbocycles. The van der Waals surface area contributed by atoms with Crippen LogP contribution in [0.4, 0.5) is 4.79 Å². The van der Waals surface area contributed by atoms with Crippen LogP contribution >= 0.6 is 0 Å². The van der Waals surface area contributed by atoms with Crippen molar-refractivity contribution in [1.82, 2.24) is 15.1 Å². The van der Waals surface area contributed by atoms with Crippen molar-refractivity contribution < 1.29 is 9.53 Å². The highest BCUT2D eigenvalue weighted by Crippen LogP contribution is 2.34. The number of benzene rings is 1. The van der Waals surface area contributed by atoms with E-state index in [1.54, 1.807) is 0 Å². The van der Waals surface area contributed by atoms with E-state index in [0.29, 0.717) is 12.0 Å². The molecule has 1 N–H and O–H groups in total. The van der Waals surface area contributed by atoms with Crippen molar-refractivity contribution in [3.05, 3.63) is 29.8 Å². The molecule has 2 fully saturated rings. The Bertz CT molecular complexity index is 548. The number of ether oxygens (including phenoxy) is 1. The quantitative estimate of drug-likeness (QED) is 0.891. The van der Waals surface area contributed by atoms with Gasteiger partial charge in [-0.3, -0.25) is 0 Å². The van der Waals surface area contributed by atoms with Gasteiger partial charge in [0.15, 0.2) is 0 Å². The smallest absolute Gasteiger partial charge is 0.320 e. The molecule has 2 atom stereocenters. The number of carbonyl (C=O) groups is 1. The van der Waals surface area contributed by atoms with Crippen LogP contribution in [0.25, 0.3) is 0 Å². The average Bonchev–Trinajstić information content (AvgIpc) is 2.85. The first kappa shape index (κ1) is 13.0. The van der Waals surface area contributed by atoms with Crippen LogP contribution in [0.15, 0.2) is 24.3 Å². The summed E-state index contributed by atoms with van der Waals surface area (Å²) in [5, 5.41) is 3.38. The van der Waals surface area contributed by atoms with E-state index in [0.717, 1.165) is 51.5 Å². The molecular weight excluding hydrogens is 266 g/mol. The summed E-state index contributed by atoms with van der Waals surface area (Å²) in [4.78, 5) is 16.6. The number of fused-ring (bicyclic) bond motifs is 2. The lowest BCUT2D eigenvalue weighted by molar-refractivity contribution is 0.175. The van der Waals surface area contributed by atoms with Crippen molar-refractivity contribution in [2.45, 2.75) is 18.4 Å². The molecule has 4 rings (SSSR count). The normalized spacial score (nSPS) is 28.1. The zero-order valence-electron chi connectivity index (χ0n) is 12.1. The highest BCUT2D eigenvalue weighted by molar-refractivity contribution is 5.77. The summed E-state index contributed by atoms with van der Waals surface area (Å²) in [5.41, 5.74) is 1.25. The van der Waals surface area contributed by atoms with Gasteiger partial charge in [0.2, 0.25) is 0 Å². The van der Waals surface area contributed by atoms with Gasteiger partial charge in [-0.15, -0.1) is 0 Å². The summed E-state index contributed by atoms with van der Waals surface area (Å²) < 4.78 is 5.72. The van der Waals surface area contributed by atoms with E-state index >= 15 is 0 Å². The first-order valence-electron chi connectivity index (χ1n) is 7.81. The molecule has 0 spiro atoms. The Morgan fingerprint density at radius 1 is 1.33 bits per heavy atom. The van der Waals surface area contributed by atoms with Crippen LogP contribution in [-0.2, 0) is 0 Å². The Morgan fingerprint density at radius 2 is 2.24 bits per heavy atom. The van der Waals surface area contributed by atoms with E-state index < -0.39 is 0 Å². The largest absolute Gasteiger partial charge is 0.493 e. The zero-order valence-corrected chi connectivity index (χ0v) is 12.1. The van der Waals surface area contributed by atoms with Gasteiger partial charge < -0.3 is 19.9 Å². The molecule has 5 nitrogen and oxygen atoms in total. The van der Waals surface area contributed by atoms with Crippen molar-refractivity contribution in [3.8, 4) is 5.75 Å². The minimum Gasteiger partial charge on any atom is -0.493 e. The number of piperazine rings is 1. The number of rotatable bonds is 2. The summed E-state index contributed by atoms with van der Waals surface area (Å²) >= 11 is 0. The number of hydrogen-bond acceptors (Lipinski definition) is 3. The number of carbonyl (C=O) groups excluding carboxylic acids is 1. The van der Waals surface area contributed by atoms with Crippen LogP contribution in [-0.4, -0.2) is 61.2 Å². The molecule has 0 aliphatic carbocycles. The van der Waals surface area contributed by atoms with Crippen LogP contribution in [0.3, 0.4) is 0 Å². The molecule has 2 saturated heterocycles. The second-order valence-electron chi connectivity index (χ2n) is 6.11. The summed E-state index contributed by atoms with van der Waals surface area (Å²) in [5.74, 6) is 1.38. The van der Waals surface area contributed by atoms with Crippen molar-refractivity contribution in [1.29, 1.82) is 0 Å². The standard InChI is InChI=1S/C16H21N3O2/c20-16-18(11-13-9-17-6-7-19(13)16)10-12-5-8-21-15-4-2-1-3-14(12)15/h1-4,12-13,17H,5-11H2. The molecule has 21 heavy (non-hydrogen) atoms. The maximum atomic E-state index is 12.5. The van der Waals surface area contributed by atoms with Gasteiger partial charge in [-0.25, -0.2) is 4.79 Å². The predicted molar refractivity (Wildman–Crippen MR) is 79.6 cm³/mol. The number of nitrogens with zero attached hydrogens (tertiary/aromatic N) is 2. The van der Waals surface area contributed by atoms with Gasteiger partial charge in [0.1, 0.15) is 5.75 Å². The van der Waals surface area contributed by atoms with E-state index in [4.69, 9.17) is 4.74 Å². The van der Waals surface area contributed by atoms with Gasteiger partial charge in [-0.1, -0.05) is 18.2 Å². The number of para-hydroxylation sites is 1. The Labute approximate surface area is 124 Å². The molecule has 5 heteroatoms. The van der Waals surface area contributed by atoms with Crippen molar-refractivity contribution in [3.63, 3.8) is 0 Å². The van der Waals surface area contributed by atoms with E-state index in [2.05, 4.69) is 17.4 Å². The van der Waals surface area contributed by atoms with Crippen LogP contribution in [0, 0.1) is 0 Å². The van der Waals surface area contributed by atoms with Gasteiger partial charge in [-0.05, 0) is 18.1 Å². The Hall–Kier alpha value is -1.75. The van der Waals surface area contributed by atoms with Crippen molar-refractivity contribution in [2.75, 3.05) is 39.3 Å². The van der Waals surface area contributed by atoms with Gasteiger partial charge in [-0.2, -0.15) is 0 Å². The Morgan fingerprint density at radius 3 is 3.14 bits per heavy atom. The fourth-order valence-electron chi connectivity index (χ4n) is 3.71. The first-order valence-corrected chi connectivity index (χ1v) is 7.81. The molecule has 2 amide bonds. The summed E-state index contributed by atoms with van der Waals surface area (Å²) in [6.07, 6.45) is 0.990. The van der Waals surface area contributed by atoms with Gasteiger partial charge in [0.25, 0.3) is 0 Å². The number of nitrogens with one attached hydrogen (secondary N) is 1. The van der Waals surface area contributed by atoms with Gasteiger partial charge in [0.05, 0.1) is 12.6 Å². The first-order chi connectivity index (χ1) is 10.3.